The summed E-state index contributed by atoms with van der Waals surface area (Å²) in [5.74, 6) is 0. The normalized spacial score (nSPS) is 11.3. The molecule has 0 bridgehead atoms. The van der Waals surface area contributed by atoms with Crippen molar-refractivity contribution < 1.29 is 0 Å². The molecule has 1 aromatic carbocycles. The molecule has 0 atom stereocenters. The standard InChI is InChI=1S/C11H17N3S/c1-8-6-5-7-9(2)10(8)13-14-11(12-3)15-4/h5-7,13H,1-4H3,(H,12,14). The fourth-order valence-corrected chi connectivity index (χ4v) is 1.66. The average Bonchev–Trinajstić information content (AvgIpc) is 2.23. The summed E-state index contributed by atoms with van der Waals surface area (Å²) < 4.78 is 0. The molecule has 1 aromatic rings. The van der Waals surface area contributed by atoms with Gasteiger partial charge in [-0.2, -0.15) is 0 Å². The SMILES string of the molecule is CN=C(NNc1c(C)cccc1C)SC. The van der Waals surface area contributed by atoms with E-state index in [1.165, 1.54) is 11.1 Å². The highest BCUT2D eigenvalue weighted by Gasteiger charge is 2.01. The Labute approximate surface area is 95.3 Å². The lowest BCUT2D eigenvalue weighted by atomic mass is 10.1. The van der Waals surface area contributed by atoms with Crippen molar-refractivity contribution >= 4 is 22.6 Å². The summed E-state index contributed by atoms with van der Waals surface area (Å²) in [5, 5.41) is 0.873. The highest BCUT2D eigenvalue weighted by Crippen LogP contribution is 2.18. The van der Waals surface area contributed by atoms with E-state index in [1.807, 2.05) is 6.26 Å². The number of nitrogens with zero attached hydrogens (tertiary/aromatic N) is 1. The zero-order chi connectivity index (χ0) is 11.3. The van der Waals surface area contributed by atoms with Gasteiger partial charge in [-0.1, -0.05) is 30.0 Å². The van der Waals surface area contributed by atoms with Gasteiger partial charge in [-0.3, -0.25) is 15.8 Å². The van der Waals surface area contributed by atoms with Gasteiger partial charge in [0.25, 0.3) is 0 Å². The number of thioether (sulfide) groups is 1. The van der Waals surface area contributed by atoms with Gasteiger partial charge in [0.1, 0.15) is 0 Å². The van der Waals surface area contributed by atoms with E-state index in [0.717, 1.165) is 10.9 Å². The summed E-state index contributed by atoms with van der Waals surface area (Å²) in [6.45, 7) is 4.16. The molecule has 0 fully saturated rings. The zero-order valence-electron chi connectivity index (χ0n) is 9.59. The summed E-state index contributed by atoms with van der Waals surface area (Å²) >= 11 is 1.58. The van der Waals surface area contributed by atoms with Gasteiger partial charge in [-0.15, -0.1) is 0 Å². The second kappa shape index (κ2) is 5.66. The molecule has 0 amide bonds. The number of hydrogen-bond donors (Lipinski definition) is 2. The van der Waals surface area contributed by atoms with E-state index in [9.17, 15) is 0 Å². The predicted molar refractivity (Wildman–Crippen MR) is 69.5 cm³/mol. The Morgan fingerprint density at radius 1 is 1.27 bits per heavy atom. The van der Waals surface area contributed by atoms with Crippen molar-refractivity contribution in [3.05, 3.63) is 29.3 Å². The van der Waals surface area contributed by atoms with Crippen molar-refractivity contribution in [1.82, 2.24) is 5.43 Å². The Hall–Kier alpha value is -1.16. The Morgan fingerprint density at radius 2 is 1.87 bits per heavy atom. The number of rotatable bonds is 2. The first kappa shape index (κ1) is 11.9. The van der Waals surface area contributed by atoms with E-state index in [4.69, 9.17) is 0 Å². The highest BCUT2D eigenvalue weighted by molar-refractivity contribution is 8.13. The van der Waals surface area contributed by atoms with Gasteiger partial charge in [0, 0.05) is 7.05 Å². The third-order valence-electron chi connectivity index (χ3n) is 2.17. The van der Waals surface area contributed by atoms with E-state index >= 15 is 0 Å². The van der Waals surface area contributed by atoms with E-state index in [0.29, 0.717) is 0 Å². The molecule has 0 radical (unpaired) electrons. The molecule has 3 nitrogen and oxygen atoms in total. The van der Waals surface area contributed by atoms with Crippen molar-refractivity contribution in [2.45, 2.75) is 13.8 Å². The van der Waals surface area contributed by atoms with Crippen LogP contribution in [0.3, 0.4) is 0 Å². The lowest BCUT2D eigenvalue weighted by Crippen LogP contribution is -2.27. The van der Waals surface area contributed by atoms with Crippen LogP contribution in [0.4, 0.5) is 5.69 Å². The molecule has 0 heterocycles. The second-order valence-electron chi connectivity index (χ2n) is 3.25. The molecule has 4 heteroatoms. The minimum atomic E-state index is 0.873. The van der Waals surface area contributed by atoms with Crippen LogP contribution < -0.4 is 10.9 Å². The largest absolute Gasteiger partial charge is 0.299 e. The van der Waals surface area contributed by atoms with Gasteiger partial charge < -0.3 is 0 Å². The third kappa shape index (κ3) is 3.16. The number of hydrazine groups is 1. The first-order valence-electron chi connectivity index (χ1n) is 4.78. The molecule has 1 rings (SSSR count). The summed E-state index contributed by atoms with van der Waals surface area (Å²) in [4.78, 5) is 4.09. The summed E-state index contributed by atoms with van der Waals surface area (Å²) in [5.41, 5.74) is 9.82. The van der Waals surface area contributed by atoms with Gasteiger partial charge in [0.15, 0.2) is 5.17 Å². The van der Waals surface area contributed by atoms with E-state index < -0.39 is 0 Å². The minimum absolute atomic E-state index is 0.873. The molecule has 0 aliphatic carbocycles. The maximum Gasteiger partial charge on any atom is 0.174 e. The molecule has 0 aromatic heterocycles. The van der Waals surface area contributed by atoms with Crippen LogP contribution in [0.15, 0.2) is 23.2 Å². The van der Waals surface area contributed by atoms with Crippen LogP contribution in [0.5, 0.6) is 0 Å². The Morgan fingerprint density at radius 3 is 2.33 bits per heavy atom. The fraction of sp³-hybridized carbons (Fsp3) is 0.364. The molecule has 82 valence electrons. The van der Waals surface area contributed by atoms with Crippen LogP contribution in [0.25, 0.3) is 0 Å². The van der Waals surface area contributed by atoms with E-state index in [-0.39, 0.29) is 0 Å². The summed E-state index contributed by atoms with van der Waals surface area (Å²) in [6, 6.07) is 6.22. The number of nitrogens with one attached hydrogen (secondary N) is 2. The molecule has 0 unspecified atom stereocenters. The predicted octanol–water partition coefficient (Wildman–Crippen LogP) is 2.57. The lowest BCUT2D eigenvalue weighted by molar-refractivity contribution is 1.11. The van der Waals surface area contributed by atoms with Gasteiger partial charge >= 0.3 is 0 Å². The van der Waals surface area contributed by atoms with Crippen molar-refractivity contribution in [2.75, 3.05) is 18.7 Å². The van der Waals surface area contributed by atoms with E-state index in [2.05, 4.69) is 47.9 Å². The van der Waals surface area contributed by atoms with Crippen LogP contribution in [0.1, 0.15) is 11.1 Å². The van der Waals surface area contributed by atoms with Crippen molar-refractivity contribution in [2.24, 2.45) is 4.99 Å². The Kier molecular flexibility index (Phi) is 4.49. The molecule has 2 N–H and O–H groups in total. The summed E-state index contributed by atoms with van der Waals surface area (Å²) in [6.07, 6.45) is 1.99. The van der Waals surface area contributed by atoms with Crippen molar-refractivity contribution in [3.63, 3.8) is 0 Å². The van der Waals surface area contributed by atoms with Crippen LogP contribution in [0.2, 0.25) is 0 Å². The molecule has 0 aliphatic rings. The van der Waals surface area contributed by atoms with Crippen LogP contribution >= 0.6 is 11.8 Å². The first-order chi connectivity index (χ1) is 7.19. The summed E-state index contributed by atoms with van der Waals surface area (Å²) in [7, 11) is 1.77. The minimum Gasteiger partial charge on any atom is -0.299 e. The van der Waals surface area contributed by atoms with Crippen LogP contribution in [0, 0.1) is 13.8 Å². The van der Waals surface area contributed by atoms with Crippen LogP contribution in [-0.2, 0) is 0 Å². The van der Waals surface area contributed by atoms with Gasteiger partial charge in [-0.25, -0.2) is 0 Å². The van der Waals surface area contributed by atoms with Crippen molar-refractivity contribution in [1.29, 1.82) is 0 Å². The number of hydrogen-bond acceptors (Lipinski definition) is 3. The zero-order valence-corrected chi connectivity index (χ0v) is 10.4. The Balaban J connectivity index is 2.73. The van der Waals surface area contributed by atoms with Crippen molar-refractivity contribution in [3.8, 4) is 0 Å². The maximum absolute atomic E-state index is 4.09. The molecule has 0 spiro atoms. The number of aliphatic imine (C=N–C) groups is 1. The molecule has 15 heavy (non-hydrogen) atoms. The van der Waals surface area contributed by atoms with Gasteiger partial charge in [-0.05, 0) is 31.2 Å². The second-order valence-corrected chi connectivity index (χ2v) is 4.04. The number of para-hydroxylation sites is 1. The topological polar surface area (TPSA) is 36.4 Å². The third-order valence-corrected chi connectivity index (χ3v) is 2.84. The number of anilines is 1. The highest BCUT2D eigenvalue weighted by atomic mass is 32.2. The maximum atomic E-state index is 4.09. The van der Waals surface area contributed by atoms with Gasteiger partial charge in [0.2, 0.25) is 0 Å². The molecular formula is C11H17N3S. The molecule has 0 saturated heterocycles. The smallest absolute Gasteiger partial charge is 0.174 e. The molecule has 0 saturated carbocycles. The molecule has 0 aliphatic heterocycles. The number of aryl methyl sites for hydroxylation is 2. The van der Waals surface area contributed by atoms with E-state index in [1.54, 1.807) is 18.8 Å². The number of benzene rings is 1. The molecular weight excluding hydrogens is 206 g/mol. The quantitative estimate of drug-likeness (QED) is 0.459. The number of amidine groups is 1. The average molecular weight is 223 g/mol. The monoisotopic (exact) mass is 223 g/mol. The fourth-order valence-electron chi connectivity index (χ4n) is 1.33. The van der Waals surface area contributed by atoms with Crippen LogP contribution in [-0.4, -0.2) is 18.5 Å². The Bertz CT molecular complexity index is 341. The first-order valence-corrected chi connectivity index (χ1v) is 6.00. The van der Waals surface area contributed by atoms with Gasteiger partial charge in [0.05, 0.1) is 5.69 Å². The lowest BCUT2D eigenvalue weighted by Gasteiger charge is -2.14.